The van der Waals surface area contributed by atoms with Crippen molar-refractivity contribution in [3.8, 4) is 0 Å². The van der Waals surface area contributed by atoms with Crippen LogP contribution in [0.1, 0.15) is 24.0 Å². The van der Waals surface area contributed by atoms with E-state index in [9.17, 15) is 0 Å². The first kappa shape index (κ1) is 8.54. The molecule has 0 amide bonds. The number of hydrogen-bond acceptors (Lipinski definition) is 2. The second kappa shape index (κ2) is 3.36. The van der Waals surface area contributed by atoms with Crippen LogP contribution < -0.4 is 4.90 Å². The van der Waals surface area contributed by atoms with Crippen LogP contribution in [0, 0.1) is 13.8 Å². The molecule has 2 heteroatoms. The highest BCUT2D eigenvalue weighted by molar-refractivity contribution is 5.49. The van der Waals surface area contributed by atoms with Crippen molar-refractivity contribution < 1.29 is 0 Å². The fourth-order valence-electron chi connectivity index (χ4n) is 1.87. The third kappa shape index (κ3) is 1.53. The molecule has 1 aromatic heterocycles. The standard InChI is InChI=1S/C11H16N2/c1-9-5-6-12-11(10(9)2)13-7-3-4-8-13/h5-6H,3-4,7-8H2,1-2H3. The fourth-order valence-corrected chi connectivity index (χ4v) is 1.87. The van der Waals surface area contributed by atoms with E-state index in [1.54, 1.807) is 0 Å². The van der Waals surface area contributed by atoms with Gasteiger partial charge in [-0.15, -0.1) is 0 Å². The summed E-state index contributed by atoms with van der Waals surface area (Å²) in [5, 5.41) is 0. The van der Waals surface area contributed by atoms with E-state index in [4.69, 9.17) is 0 Å². The smallest absolute Gasteiger partial charge is 0.131 e. The van der Waals surface area contributed by atoms with Gasteiger partial charge < -0.3 is 4.90 Å². The van der Waals surface area contributed by atoms with Crippen LogP contribution in [-0.4, -0.2) is 18.1 Å². The molecule has 0 N–H and O–H groups in total. The maximum atomic E-state index is 4.45. The first-order valence-corrected chi connectivity index (χ1v) is 4.96. The summed E-state index contributed by atoms with van der Waals surface area (Å²) < 4.78 is 0. The van der Waals surface area contributed by atoms with Gasteiger partial charge >= 0.3 is 0 Å². The summed E-state index contributed by atoms with van der Waals surface area (Å²) in [5.74, 6) is 1.19. The zero-order chi connectivity index (χ0) is 9.26. The van der Waals surface area contributed by atoms with Crippen LogP contribution >= 0.6 is 0 Å². The highest BCUT2D eigenvalue weighted by Gasteiger charge is 2.15. The van der Waals surface area contributed by atoms with E-state index in [0.29, 0.717) is 0 Å². The van der Waals surface area contributed by atoms with Crippen LogP contribution in [0.4, 0.5) is 5.82 Å². The molecule has 1 saturated heterocycles. The van der Waals surface area contributed by atoms with Crippen LogP contribution in [0.15, 0.2) is 12.3 Å². The Morgan fingerprint density at radius 3 is 2.62 bits per heavy atom. The molecule has 0 saturated carbocycles. The van der Waals surface area contributed by atoms with E-state index >= 15 is 0 Å². The number of anilines is 1. The van der Waals surface area contributed by atoms with Crippen molar-refractivity contribution in [1.29, 1.82) is 0 Å². The number of hydrogen-bond donors (Lipinski definition) is 0. The van der Waals surface area contributed by atoms with Gasteiger partial charge in [0.25, 0.3) is 0 Å². The molecule has 0 aliphatic carbocycles. The average Bonchev–Trinajstić information content (AvgIpc) is 2.62. The largest absolute Gasteiger partial charge is 0.356 e. The van der Waals surface area contributed by atoms with Gasteiger partial charge in [-0.05, 0) is 43.9 Å². The molecule has 1 aromatic rings. The molecule has 0 spiro atoms. The van der Waals surface area contributed by atoms with Crippen molar-refractivity contribution in [2.75, 3.05) is 18.0 Å². The lowest BCUT2D eigenvalue weighted by Gasteiger charge is -2.19. The molecule has 2 nitrogen and oxygen atoms in total. The van der Waals surface area contributed by atoms with E-state index in [2.05, 4.69) is 29.8 Å². The highest BCUT2D eigenvalue weighted by Crippen LogP contribution is 2.23. The summed E-state index contributed by atoms with van der Waals surface area (Å²) in [6, 6.07) is 2.08. The van der Waals surface area contributed by atoms with Crippen LogP contribution in [-0.2, 0) is 0 Å². The predicted octanol–water partition coefficient (Wildman–Crippen LogP) is 2.30. The summed E-state index contributed by atoms with van der Waals surface area (Å²) >= 11 is 0. The zero-order valence-corrected chi connectivity index (χ0v) is 8.38. The van der Waals surface area contributed by atoms with Crippen LogP contribution in [0.5, 0.6) is 0 Å². The number of rotatable bonds is 1. The molecule has 0 radical (unpaired) electrons. The molecule has 1 aliphatic heterocycles. The summed E-state index contributed by atoms with van der Waals surface area (Å²) in [7, 11) is 0. The molecule has 0 bridgehead atoms. The lowest BCUT2D eigenvalue weighted by atomic mass is 10.1. The van der Waals surface area contributed by atoms with Gasteiger partial charge in [0.2, 0.25) is 0 Å². The van der Waals surface area contributed by atoms with E-state index in [1.807, 2.05) is 6.20 Å². The third-order valence-corrected chi connectivity index (χ3v) is 2.85. The minimum atomic E-state index is 1.18. The summed E-state index contributed by atoms with van der Waals surface area (Å²) in [5.41, 5.74) is 2.68. The molecular weight excluding hydrogens is 160 g/mol. The quantitative estimate of drug-likeness (QED) is 0.652. The normalized spacial score (nSPS) is 16.6. The van der Waals surface area contributed by atoms with Gasteiger partial charge in [0.05, 0.1) is 0 Å². The Balaban J connectivity index is 2.33. The minimum absolute atomic E-state index is 1.18. The Hall–Kier alpha value is -1.05. The molecular formula is C11H16N2. The molecule has 2 heterocycles. The Kier molecular flexibility index (Phi) is 2.21. The van der Waals surface area contributed by atoms with Gasteiger partial charge in [0.1, 0.15) is 5.82 Å². The van der Waals surface area contributed by atoms with Crippen molar-refractivity contribution >= 4 is 5.82 Å². The molecule has 0 atom stereocenters. The summed E-state index contributed by atoms with van der Waals surface area (Å²) in [4.78, 5) is 6.84. The van der Waals surface area contributed by atoms with Crippen molar-refractivity contribution in [3.63, 3.8) is 0 Å². The van der Waals surface area contributed by atoms with E-state index in [1.165, 1.54) is 42.9 Å². The van der Waals surface area contributed by atoms with Gasteiger partial charge in [-0.1, -0.05) is 0 Å². The Bertz CT molecular complexity index is 301. The first-order valence-electron chi connectivity index (χ1n) is 4.96. The molecule has 1 aliphatic rings. The van der Waals surface area contributed by atoms with E-state index < -0.39 is 0 Å². The molecule has 2 rings (SSSR count). The van der Waals surface area contributed by atoms with Crippen molar-refractivity contribution in [1.82, 2.24) is 4.98 Å². The van der Waals surface area contributed by atoms with Gasteiger partial charge in [0, 0.05) is 19.3 Å². The number of aromatic nitrogens is 1. The second-order valence-corrected chi connectivity index (χ2v) is 3.77. The summed E-state index contributed by atoms with van der Waals surface area (Å²) in [6.07, 6.45) is 4.54. The van der Waals surface area contributed by atoms with Crippen LogP contribution in [0.3, 0.4) is 0 Å². The van der Waals surface area contributed by atoms with E-state index in [0.717, 1.165) is 0 Å². The molecule has 0 aromatic carbocycles. The predicted molar refractivity (Wildman–Crippen MR) is 55.2 cm³/mol. The SMILES string of the molecule is Cc1ccnc(N2CCCC2)c1C. The van der Waals surface area contributed by atoms with Gasteiger partial charge in [-0.3, -0.25) is 0 Å². The Morgan fingerprint density at radius 2 is 1.92 bits per heavy atom. The van der Waals surface area contributed by atoms with Gasteiger partial charge in [-0.2, -0.15) is 0 Å². The fraction of sp³-hybridized carbons (Fsp3) is 0.545. The Morgan fingerprint density at radius 1 is 1.23 bits per heavy atom. The van der Waals surface area contributed by atoms with Crippen LogP contribution in [0.25, 0.3) is 0 Å². The average molecular weight is 176 g/mol. The molecule has 70 valence electrons. The molecule has 13 heavy (non-hydrogen) atoms. The Labute approximate surface area is 79.6 Å². The molecule has 1 fully saturated rings. The molecule has 0 unspecified atom stereocenters. The monoisotopic (exact) mass is 176 g/mol. The maximum Gasteiger partial charge on any atom is 0.131 e. The van der Waals surface area contributed by atoms with E-state index in [-0.39, 0.29) is 0 Å². The van der Waals surface area contributed by atoms with Crippen molar-refractivity contribution in [3.05, 3.63) is 23.4 Å². The maximum absolute atomic E-state index is 4.45. The minimum Gasteiger partial charge on any atom is -0.356 e. The number of pyridine rings is 1. The number of aryl methyl sites for hydroxylation is 1. The topological polar surface area (TPSA) is 16.1 Å². The van der Waals surface area contributed by atoms with Crippen molar-refractivity contribution in [2.24, 2.45) is 0 Å². The van der Waals surface area contributed by atoms with Gasteiger partial charge in [0.15, 0.2) is 0 Å². The van der Waals surface area contributed by atoms with Gasteiger partial charge in [-0.25, -0.2) is 4.98 Å². The first-order chi connectivity index (χ1) is 6.29. The lowest BCUT2D eigenvalue weighted by molar-refractivity contribution is 0.924. The third-order valence-electron chi connectivity index (χ3n) is 2.85. The van der Waals surface area contributed by atoms with Crippen molar-refractivity contribution in [2.45, 2.75) is 26.7 Å². The number of nitrogens with zero attached hydrogens (tertiary/aromatic N) is 2. The lowest BCUT2D eigenvalue weighted by Crippen LogP contribution is -2.20. The second-order valence-electron chi connectivity index (χ2n) is 3.77. The zero-order valence-electron chi connectivity index (χ0n) is 8.38. The van der Waals surface area contributed by atoms with Crippen LogP contribution in [0.2, 0.25) is 0 Å². The summed E-state index contributed by atoms with van der Waals surface area (Å²) in [6.45, 7) is 6.67. The highest BCUT2D eigenvalue weighted by atomic mass is 15.2.